The van der Waals surface area contributed by atoms with Crippen LogP contribution in [0.3, 0.4) is 0 Å². The van der Waals surface area contributed by atoms with E-state index in [9.17, 15) is 0 Å². The Labute approximate surface area is 96.3 Å². The van der Waals surface area contributed by atoms with Crippen molar-refractivity contribution in [1.29, 1.82) is 0 Å². The highest BCUT2D eigenvalue weighted by atomic mass is 16.3. The third-order valence-corrected chi connectivity index (χ3v) is 3.17. The van der Waals surface area contributed by atoms with Crippen molar-refractivity contribution in [1.82, 2.24) is 15.2 Å². The third-order valence-electron chi connectivity index (χ3n) is 3.17. The zero-order chi connectivity index (χ0) is 11.4. The smallest absolute Gasteiger partial charge is 0.133 e. The topological polar surface area (TPSA) is 48.4 Å². The molecule has 2 rings (SSSR count). The lowest BCUT2D eigenvalue weighted by Gasteiger charge is -2.19. The molecule has 4 heteroatoms. The first-order chi connectivity index (χ1) is 7.75. The van der Waals surface area contributed by atoms with Crippen molar-refractivity contribution in [3.05, 3.63) is 24.0 Å². The van der Waals surface area contributed by atoms with Crippen molar-refractivity contribution in [3.63, 3.8) is 0 Å². The van der Waals surface area contributed by atoms with Crippen LogP contribution in [0.15, 0.2) is 18.3 Å². The summed E-state index contributed by atoms with van der Waals surface area (Å²) in [5, 5.41) is 12.5. The van der Waals surface area contributed by atoms with Crippen molar-refractivity contribution in [2.24, 2.45) is 0 Å². The molecule has 1 aliphatic heterocycles. The maximum absolute atomic E-state index is 9.10. The molecule has 0 aromatic carbocycles. The minimum atomic E-state index is 0.222. The lowest BCUT2D eigenvalue weighted by atomic mass is 10.2. The number of likely N-dealkylation sites (N-methyl/N-ethyl adjacent to an activating group) is 1. The maximum Gasteiger partial charge on any atom is 0.133 e. The zero-order valence-corrected chi connectivity index (χ0v) is 9.69. The van der Waals surface area contributed by atoms with Crippen LogP contribution in [0.25, 0.3) is 0 Å². The van der Waals surface area contributed by atoms with Gasteiger partial charge in [-0.1, -0.05) is 0 Å². The van der Waals surface area contributed by atoms with Crippen LogP contribution in [0.4, 0.5) is 0 Å². The number of hydrogen-bond donors (Lipinski definition) is 2. The molecule has 0 aliphatic carbocycles. The van der Waals surface area contributed by atoms with Gasteiger partial charge >= 0.3 is 0 Å². The first-order valence-corrected chi connectivity index (χ1v) is 5.80. The molecule has 1 atom stereocenters. The summed E-state index contributed by atoms with van der Waals surface area (Å²) in [5.41, 5.74) is 0.971. The van der Waals surface area contributed by atoms with Gasteiger partial charge in [-0.3, -0.25) is 4.98 Å². The first-order valence-electron chi connectivity index (χ1n) is 5.80. The summed E-state index contributed by atoms with van der Waals surface area (Å²) in [6.45, 7) is 2.99. The Morgan fingerprint density at radius 1 is 1.56 bits per heavy atom. The average molecular weight is 221 g/mol. The van der Waals surface area contributed by atoms with E-state index in [-0.39, 0.29) is 5.75 Å². The standard InChI is InChI=1S/C12H19N3O/c1-15-6-2-3-11(15)8-13-7-10-4-5-12(16)9-14-10/h4-5,9,11,13,16H,2-3,6-8H2,1H3. The van der Waals surface area contributed by atoms with Gasteiger partial charge in [-0.15, -0.1) is 0 Å². The van der Waals surface area contributed by atoms with Gasteiger partial charge in [0.05, 0.1) is 11.9 Å². The number of nitrogens with one attached hydrogen (secondary N) is 1. The highest BCUT2D eigenvalue weighted by molar-refractivity contribution is 5.17. The molecule has 0 saturated carbocycles. The third kappa shape index (κ3) is 2.93. The van der Waals surface area contributed by atoms with Crippen LogP contribution in [0, 0.1) is 0 Å². The lowest BCUT2D eigenvalue weighted by molar-refractivity contribution is 0.300. The van der Waals surface area contributed by atoms with Crippen molar-refractivity contribution in [2.75, 3.05) is 20.1 Å². The van der Waals surface area contributed by atoms with E-state index in [1.54, 1.807) is 6.07 Å². The number of aromatic hydroxyl groups is 1. The van der Waals surface area contributed by atoms with Crippen LogP contribution in [-0.2, 0) is 6.54 Å². The molecular weight excluding hydrogens is 202 g/mol. The van der Waals surface area contributed by atoms with Crippen LogP contribution >= 0.6 is 0 Å². The molecule has 88 valence electrons. The van der Waals surface area contributed by atoms with Crippen LogP contribution < -0.4 is 5.32 Å². The molecular formula is C12H19N3O. The van der Waals surface area contributed by atoms with Gasteiger partial charge in [0.25, 0.3) is 0 Å². The van der Waals surface area contributed by atoms with Crippen LogP contribution in [0.1, 0.15) is 18.5 Å². The van der Waals surface area contributed by atoms with E-state index in [2.05, 4.69) is 22.2 Å². The van der Waals surface area contributed by atoms with E-state index in [0.29, 0.717) is 6.04 Å². The highest BCUT2D eigenvalue weighted by Crippen LogP contribution is 2.13. The lowest BCUT2D eigenvalue weighted by Crippen LogP contribution is -2.35. The molecule has 1 aromatic heterocycles. The fourth-order valence-corrected chi connectivity index (χ4v) is 2.13. The van der Waals surface area contributed by atoms with Gasteiger partial charge in [-0.2, -0.15) is 0 Å². The summed E-state index contributed by atoms with van der Waals surface area (Å²) in [5.74, 6) is 0.222. The maximum atomic E-state index is 9.10. The van der Waals surface area contributed by atoms with Gasteiger partial charge < -0.3 is 15.3 Å². The molecule has 1 unspecified atom stereocenters. The Balaban J connectivity index is 1.73. The Hall–Kier alpha value is -1.13. The molecule has 1 fully saturated rings. The summed E-state index contributed by atoms with van der Waals surface area (Å²) in [6.07, 6.45) is 4.07. The molecule has 0 radical (unpaired) electrons. The summed E-state index contributed by atoms with van der Waals surface area (Å²) in [7, 11) is 2.18. The van der Waals surface area contributed by atoms with Crippen molar-refractivity contribution >= 4 is 0 Å². The normalized spacial score (nSPS) is 21.4. The van der Waals surface area contributed by atoms with Gasteiger partial charge in [0.2, 0.25) is 0 Å². The van der Waals surface area contributed by atoms with E-state index in [1.165, 1.54) is 25.6 Å². The Bertz CT molecular complexity index is 326. The van der Waals surface area contributed by atoms with E-state index < -0.39 is 0 Å². The predicted octanol–water partition coefficient (Wildman–Crippen LogP) is 0.971. The quantitative estimate of drug-likeness (QED) is 0.795. The second-order valence-corrected chi connectivity index (χ2v) is 4.42. The minimum Gasteiger partial charge on any atom is -0.506 e. The van der Waals surface area contributed by atoms with Crippen LogP contribution in [0.5, 0.6) is 5.75 Å². The molecule has 2 N–H and O–H groups in total. The number of pyridine rings is 1. The van der Waals surface area contributed by atoms with Gasteiger partial charge in [0, 0.05) is 19.1 Å². The minimum absolute atomic E-state index is 0.222. The second-order valence-electron chi connectivity index (χ2n) is 4.42. The Kier molecular flexibility index (Phi) is 3.74. The zero-order valence-electron chi connectivity index (χ0n) is 9.69. The Morgan fingerprint density at radius 3 is 3.06 bits per heavy atom. The number of rotatable bonds is 4. The molecule has 0 bridgehead atoms. The van der Waals surface area contributed by atoms with Crippen molar-refractivity contribution < 1.29 is 5.11 Å². The predicted molar refractivity (Wildman–Crippen MR) is 63.3 cm³/mol. The highest BCUT2D eigenvalue weighted by Gasteiger charge is 2.19. The van der Waals surface area contributed by atoms with Gasteiger partial charge in [0.15, 0.2) is 0 Å². The molecule has 2 heterocycles. The van der Waals surface area contributed by atoms with Crippen LogP contribution in [0.2, 0.25) is 0 Å². The summed E-state index contributed by atoms with van der Waals surface area (Å²) in [6, 6.07) is 4.18. The molecule has 1 saturated heterocycles. The molecule has 0 amide bonds. The number of hydrogen-bond acceptors (Lipinski definition) is 4. The molecule has 4 nitrogen and oxygen atoms in total. The fourth-order valence-electron chi connectivity index (χ4n) is 2.13. The number of likely N-dealkylation sites (tertiary alicyclic amines) is 1. The van der Waals surface area contributed by atoms with Crippen molar-refractivity contribution in [3.8, 4) is 5.75 Å². The van der Waals surface area contributed by atoms with E-state index in [0.717, 1.165) is 18.8 Å². The van der Waals surface area contributed by atoms with E-state index >= 15 is 0 Å². The van der Waals surface area contributed by atoms with Gasteiger partial charge in [0.1, 0.15) is 5.75 Å². The van der Waals surface area contributed by atoms with Gasteiger partial charge in [-0.25, -0.2) is 0 Å². The second kappa shape index (κ2) is 5.27. The number of nitrogens with zero attached hydrogens (tertiary/aromatic N) is 2. The fraction of sp³-hybridized carbons (Fsp3) is 0.583. The van der Waals surface area contributed by atoms with Crippen molar-refractivity contribution in [2.45, 2.75) is 25.4 Å². The van der Waals surface area contributed by atoms with Gasteiger partial charge in [-0.05, 0) is 38.6 Å². The summed E-state index contributed by atoms with van der Waals surface area (Å²) >= 11 is 0. The number of aromatic nitrogens is 1. The molecule has 1 aromatic rings. The molecule has 16 heavy (non-hydrogen) atoms. The van der Waals surface area contributed by atoms with E-state index in [4.69, 9.17) is 5.11 Å². The van der Waals surface area contributed by atoms with E-state index in [1.807, 2.05) is 6.07 Å². The average Bonchev–Trinajstić information content (AvgIpc) is 2.68. The SMILES string of the molecule is CN1CCCC1CNCc1ccc(O)cn1. The summed E-state index contributed by atoms with van der Waals surface area (Å²) < 4.78 is 0. The largest absolute Gasteiger partial charge is 0.506 e. The monoisotopic (exact) mass is 221 g/mol. The molecule has 1 aliphatic rings. The summed E-state index contributed by atoms with van der Waals surface area (Å²) in [4.78, 5) is 6.54. The Morgan fingerprint density at radius 2 is 2.44 bits per heavy atom. The first kappa shape index (κ1) is 11.4. The van der Waals surface area contributed by atoms with Crippen LogP contribution in [-0.4, -0.2) is 41.2 Å². The molecule has 0 spiro atoms.